The second-order valence-corrected chi connectivity index (χ2v) is 5.97. The van der Waals surface area contributed by atoms with Gasteiger partial charge in [0.1, 0.15) is 6.54 Å². The first-order valence-electron chi connectivity index (χ1n) is 8.15. The summed E-state index contributed by atoms with van der Waals surface area (Å²) >= 11 is 0. The number of nitrogens with zero attached hydrogens (tertiary/aromatic N) is 2. The highest BCUT2D eigenvalue weighted by molar-refractivity contribution is 14.0. The number of hydrogen-bond acceptors (Lipinski definition) is 2. The van der Waals surface area contributed by atoms with E-state index in [1.54, 1.807) is 0 Å². The molecule has 0 fully saturated rings. The minimum atomic E-state index is -0.0313. The maximum atomic E-state index is 12.5. The minimum absolute atomic E-state index is 0. The Kier molecular flexibility index (Phi) is 6.81. The van der Waals surface area contributed by atoms with Gasteiger partial charge >= 0.3 is 0 Å². The molecule has 0 unspecified atom stereocenters. The molecule has 1 amide bonds. The van der Waals surface area contributed by atoms with Crippen molar-refractivity contribution in [3.05, 3.63) is 59.7 Å². The molecule has 0 spiro atoms. The van der Waals surface area contributed by atoms with Crippen LogP contribution in [0.25, 0.3) is 0 Å². The number of rotatable bonds is 3. The standard InChI is InChI=1S/C19H22N4O.HI/c1-14-6-4-9-16(12-14)22-19(20)21-13-18(24)23-11-5-8-15-7-2-3-10-17(15)23;/h2-4,6-7,9-10,12H,5,8,11,13H2,1H3,(H3,20,21,22);1H. The van der Waals surface area contributed by atoms with Crippen LogP contribution in [0.3, 0.4) is 0 Å². The number of carbonyl (C=O) groups excluding carboxylic acids is 1. The molecule has 0 aromatic heterocycles. The number of hydrogen-bond donors (Lipinski definition) is 2. The van der Waals surface area contributed by atoms with Crippen LogP contribution in [0, 0.1) is 6.92 Å². The fourth-order valence-corrected chi connectivity index (χ4v) is 2.94. The van der Waals surface area contributed by atoms with Gasteiger partial charge in [-0.25, -0.2) is 4.99 Å². The fourth-order valence-electron chi connectivity index (χ4n) is 2.94. The zero-order valence-electron chi connectivity index (χ0n) is 14.2. The molecule has 0 atom stereocenters. The topological polar surface area (TPSA) is 70.7 Å². The van der Waals surface area contributed by atoms with Crippen LogP contribution < -0.4 is 16.0 Å². The zero-order valence-corrected chi connectivity index (χ0v) is 16.6. The third-order valence-electron chi connectivity index (χ3n) is 4.09. The van der Waals surface area contributed by atoms with E-state index in [1.165, 1.54) is 5.56 Å². The number of nitrogens with two attached hydrogens (primary N) is 1. The maximum absolute atomic E-state index is 12.5. The van der Waals surface area contributed by atoms with Gasteiger partial charge in [0, 0.05) is 17.9 Å². The highest BCUT2D eigenvalue weighted by atomic mass is 127. The lowest BCUT2D eigenvalue weighted by molar-refractivity contribution is -0.117. The van der Waals surface area contributed by atoms with Gasteiger partial charge in [-0.05, 0) is 49.1 Å². The number of guanidine groups is 1. The van der Waals surface area contributed by atoms with E-state index < -0.39 is 0 Å². The Morgan fingerprint density at radius 2 is 2.04 bits per heavy atom. The van der Waals surface area contributed by atoms with Crippen LogP contribution in [-0.2, 0) is 11.2 Å². The van der Waals surface area contributed by atoms with E-state index in [0.29, 0.717) is 0 Å². The number of halogens is 1. The molecule has 3 N–H and O–H groups in total. The van der Waals surface area contributed by atoms with Crippen LogP contribution in [0.15, 0.2) is 53.5 Å². The smallest absolute Gasteiger partial charge is 0.248 e. The summed E-state index contributed by atoms with van der Waals surface area (Å²) in [6.45, 7) is 2.78. The summed E-state index contributed by atoms with van der Waals surface area (Å²) < 4.78 is 0. The molecule has 132 valence electrons. The van der Waals surface area contributed by atoms with E-state index in [4.69, 9.17) is 5.73 Å². The van der Waals surface area contributed by atoms with E-state index >= 15 is 0 Å². The SMILES string of the molecule is Cc1cccc(NC(N)=NCC(=O)N2CCCc3ccccc32)c1.I. The summed E-state index contributed by atoms with van der Waals surface area (Å²) in [4.78, 5) is 18.5. The minimum Gasteiger partial charge on any atom is -0.370 e. The fraction of sp³-hybridized carbons (Fsp3) is 0.263. The van der Waals surface area contributed by atoms with Crippen LogP contribution in [0.4, 0.5) is 11.4 Å². The van der Waals surface area contributed by atoms with E-state index in [1.807, 2.05) is 54.3 Å². The number of fused-ring (bicyclic) bond motifs is 1. The number of nitrogens with one attached hydrogen (secondary N) is 1. The molecule has 0 saturated carbocycles. The molecule has 2 aromatic rings. The lowest BCUT2D eigenvalue weighted by atomic mass is 10.0. The number of carbonyl (C=O) groups is 1. The average molecular weight is 450 g/mol. The van der Waals surface area contributed by atoms with Crippen LogP contribution in [0.2, 0.25) is 0 Å². The Bertz CT molecular complexity index is 776. The van der Waals surface area contributed by atoms with E-state index in [2.05, 4.69) is 16.4 Å². The third-order valence-corrected chi connectivity index (χ3v) is 4.09. The first-order valence-corrected chi connectivity index (χ1v) is 8.15. The Labute approximate surface area is 165 Å². The molecule has 1 heterocycles. The van der Waals surface area contributed by atoms with Crippen molar-refractivity contribution in [1.29, 1.82) is 0 Å². The molecular formula is C19H23IN4O. The first kappa shape index (κ1) is 19.2. The van der Waals surface area contributed by atoms with Crippen molar-refractivity contribution >= 4 is 47.2 Å². The summed E-state index contributed by atoms with van der Waals surface area (Å²) in [5.41, 5.74) is 10.1. The predicted molar refractivity (Wildman–Crippen MR) is 114 cm³/mol. The van der Waals surface area contributed by atoms with Crippen molar-refractivity contribution in [3.63, 3.8) is 0 Å². The molecule has 2 aromatic carbocycles. The molecule has 1 aliphatic heterocycles. The van der Waals surface area contributed by atoms with Crippen molar-refractivity contribution < 1.29 is 4.79 Å². The molecule has 25 heavy (non-hydrogen) atoms. The van der Waals surface area contributed by atoms with Crippen molar-refractivity contribution in [2.75, 3.05) is 23.3 Å². The average Bonchev–Trinajstić information content (AvgIpc) is 2.59. The van der Waals surface area contributed by atoms with Crippen LogP contribution in [0.5, 0.6) is 0 Å². The monoisotopic (exact) mass is 450 g/mol. The van der Waals surface area contributed by atoms with Gasteiger partial charge < -0.3 is 16.0 Å². The predicted octanol–water partition coefficient (Wildman–Crippen LogP) is 3.32. The molecule has 0 aliphatic carbocycles. The van der Waals surface area contributed by atoms with E-state index in [0.717, 1.165) is 36.3 Å². The lowest BCUT2D eigenvalue weighted by Gasteiger charge is -2.29. The zero-order chi connectivity index (χ0) is 16.9. The third kappa shape index (κ3) is 4.94. The Balaban J connectivity index is 0.00000225. The van der Waals surface area contributed by atoms with Gasteiger partial charge in [0.2, 0.25) is 5.91 Å². The highest BCUT2D eigenvalue weighted by Crippen LogP contribution is 2.26. The van der Waals surface area contributed by atoms with Crippen LogP contribution in [0.1, 0.15) is 17.5 Å². The molecular weight excluding hydrogens is 427 g/mol. The van der Waals surface area contributed by atoms with Crippen molar-refractivity contribution in [2.45, 2.75) is 19.8 Å². The maximum Gasteiger partial charge on any atom is 0.248 e. The van der Waals surface area contributed by atoms with Gasteiger partial charge in [-0.1, -0.05) is 30.3 Å². The molecule has 6 heteroatoms. The van der Waals surface area contributed by atoms with Gasteiger partial charge in [-0.2, -0.15) is 0 Å². The number of benzene rings is 2. The van der Waals surface area contributed by atoms with Gasteiger partial charge in [0.15, 0.2) is 5.96 Å². The highest BCUT2D eigenvalue weighted by Gasteiger charge is 2.21. The molecule has 0 saturated heterocycles. The lowest BCUT2D eigenvalue weighted by Crippen LogP contribution is -2.37. The summed E-state index contributed by atoms with van der Waals surface area (Å²) in [7, 11) is 0. The van der Waals surface area contributed by atoms with Crippen molar-refractivity contribution in [1.82, 2.24) is 0 Å². The van der Waals surface area contributed by atoms with Crippen LogP contribution >= 0.6 is 24.0 Å². The van der Waals surface area contributed by atoms with Gasteiger partial charge in [0.25, 0.3) is 0 Å². The van der Waals surface area contributed by atoms with Crippen molar-refractivity contribution in [3.8, 4) is 0 Å². The summed E-state index contributed by atoms with van der Waals surface area (Å²) in [6, 6.07) is 15.9. The van der Waals surface area contributed by atoms with E-state index in [9.17, 15) is 4.79 Å². The molecule has 5 nitrogen and oxygen atoms in total. The van der Waals surface area contributed by atoms with Crippen molar-refractivity contribution in [2.24, 2.45) is 10.7 Å². The quantitative estimate of drug-likeness (QED) is 0.428. The van der Waals surface area contributed by atoms with E-state index in [-0.39, 0.29) is 42.4 Å². The second-order valence-electron chi connectivity index (χ2n) is 5.97. The normalized spacial score (nSPS) is 13.6. The summed E-state index contributed by atoms with van der Waals surface area (Å²) in [6.07, 6.45) is 1.99. The summed E-state index contributed by atoms with van der Waals surface area (Å²) in [5, 5.41) is 3.02. The number of anilines is 2. The number of amides is 1. The van der Waals surface area contributed by atoms with Crippen LogP contribution in [-0.4, -0.2) is 25.0 Å². The largest absolute Gasteiger partial charge is 0.370 e. The van der Waals surface area contributed by atoms with Gasteiger partial charge in [-0.15, -0.1) is 24.0 Å². The second kappa shape index (κ2) is 8.84. The Hall–Kier alpha value is -2.09. The number of para-hydroxylation sites is 1. The molecule has 3 rings (SSSR count). The number of aryl methyl sites for hydroxylation is 2. The summed E-state index contributed by atoms with van der Waals surface area (Å²) in [5.74, 6) is 0.218. The Morgan fingerprint density at radius 1 is 1.24 bits per heavy atom. The molecule has 1 aliphatic rings. The number of aliphatic imine (C=N–C) groups is 1. The molecule has 0 radical (unpaired) electrons. The Morgan fingerprint density at radius 3 is 2.84 bits per heavy atom. The van der Waals surface area contributed by atoms with Gasteiger partial charge in [0.05, 0.1) is 0 Å². The van der Waals surface area contributed by atoms with Gasteiger partial charge in [-0.3, -0.25) is 4.79 Å². The molecule has 0 bridgehead atoms. The first-order chi connectivity index (χ1) is 11.6.